The Hall–Kier alpha value is -1.76. The van der Waals surface area contributed by atoms with E-state index in [1.54, 1.807) is 0 Å². The van der Waals surface area contributed by atoms with Crippen molar-refractivity contribution in [2.24, 2.45) is 0 Å². The topological polar surface area (TPSA) is 50.4 Å². The van der Waals surface area contributed by atoms with Crippen LogP contribution in [0.3, 0.4) is 0 Å². The molecule has 0 bridgehead atoms. The van der Waals surface area contributed by atoms with Gasteiger partial charge in [-0.15, -0.1) is 0 Å². The lowest BCUT2D eigenvalue weighted by molar-refractivity contribution is -0.140. The minimum atomic E-state index is -4.51. The van der Waals surface area contributed by atoms with Crippen LogP contribution in [0.5, 0.6) is 5.75 Å². The van der Waals surface area contributed by atoms with E-state index in [0.29, 0.717) is 6.54 Å². The fourth-order valence-electron chi connectivity index (χ4n) is 2.14. The highest BCUT2D eigenvalue weighted by molar-refractivity contribution is 5.81. The number of rotatable bonds is 4. The third kappa shape index (κ3) is 4.10. The molecule has 1 aliphatic heterocycles. The lowest BCUT2D eigenvalue weighted by Gasteiger charge is -2.20. The Balaban J connectivity index is 2.02. The summed E-state index contributed by atoms with van der Waals surface area (Å²) < 4.78 is 43.7. The molecule has 2 unspecified atom stereocenters. The predicted molar refractivity (Wildman–Crippen MR) is 71.0 cm³/mol. The molecule has 1 saturated heterocycles. The van der Waals surface area contributed by atoms with Gasteiger partial charge in [0.05, 0.1) is 5.56 Å². The zero-order chi connectivity index (χ0) is 15.5. The second-order valence-corrected chi connectivity index (χ2v) is 4.95. The molecule has 0 aliphatic carbocycles. The fourth-order valence-corrected chi connectivity index (χ4v) is 2.14. The Bertz CT molecular complexity index is 499. The summed E-state index contributed by atoms with van der Waals surface area (Å²) >= 11 is 0. The Morgan fingerprint density at radius 1 is 1.43 bits per heavy atom. The first-order chi connectivity index (χ1) is 9.88. The van der Waals surface area contributed by atoms with Crippen LogP contribution in [0.4, 0.5) is 13.2 Å². The number of para-hydroxylation sites is 1. The number of carbonyl (C=O) groups excluding carboxylic acids is 1. The number of ether oxygens (including phenoxy) is 1. The quantitative estimate of drug-likeness (QED) is 0.894. The first kappa shape index (κ1) is 15.6. The molecule has 0 spiro atoms. The van der Waals surface area contributed by atoms with Gasteiger partial charge in [-0.05, 0) is 32.0 Å². The van der Waals surface area contributed by atoms with Gasteiger partial charge in [0.15, 0.2) is 6.10 Å². The molecular formula is C14H17F3N2O2. The first-order valence-corrected chi connectivity index (χ1v) is 6.72. The molecule has 4 nitrogen and oxygen atoms in total. The maximum atomic E-state index is 12.8. The van der Waals surface area contributed by atoms with E-state index in [1.807, 2.05) is 0 Å². The molecular weight excluding hydrogens is 285 g/mol. The minimum Gasteiger partial charge on any atom is -0.480 e. The highest BCUT2D eigenvalue weighted by Gasteiger charge is 2.35. The van der Waals surface area contributed by atoms with Crippen molar-refractivity contribution in [2.45, 2.75) is 31.7 Å². The summed E-state index contributed by atoms with van der Waals surface area (Å²) in [6, 6.07) is 4.87. The third-order valence-electron chi connectivity index (χ3n) is 3.27. The Morgan fingerprint density at radius 3 is 2.76 bits per heavy atom. The monoisotopic (exact) mass is 302 g/mol. The summed E-state index contributed by atoms with van der Waals surface area (Å²) in [5, 5.41) is 5.84. The lowest BCUT2D eigenvalue weighted by atomic mass is 10.2. The van der Waals surface area contributed by atoms with Crippen LogP contribution in [0.1, 0.15) is 18.9 Å². The van der Waals surface area contributed by atoms with Crippen LogP contribution in [0.2, 0.25) is 0 Å². The third-order valence-corrected chi connectivity index (χ3v) is 3.27. The molecule has 0 radical (unpaired) electrons. The lowest BCUT2D eigenvalue weighted by Crippen LogP contribution is -2.43. The molecule has 2 N–H and O–H groups in total. The standard InChI is InChI=1S/C14H17F3N2O2/c1-9(13(20)19-10-6-7-18-8-10)21-12-5-3-2-4-11(12)14(15,16)17/h2-5,9-10,18H,6-8H2,1H3,(H,19,20). The number of hydrogen-bond acceptors (Lipinski definition) is 3. The number of hydrogen-bond donors (Lipinski definition) is 2. The maximum Gasteiger partial charge on any atom is 0.419 e. The van der Waals surface area contributed by atoms with Crippen molar-refractivity contribution in [3.05, 3.63) is 29.8 Å². The molecule has 0 saturated carbocycles. The maximum absolute atomic E-state index is 12.8. The summed E-state index contributed by atoms with van der Waals surface area (Å²) in [7, 11) is 0. The van der Waals surface area contributed by atoms with E-state index in [-0.39, 0.29) is 11.8 Å². The van der Waals surface area contributed by atoms with E-state index in [1.165, 1.54) is 25.1 Å². The molecule has 1 aromatic rings. The molecule has 1 heterocycles. The average molecular weight is 302 g/mol. The van der Waals surface area contributed by atoms with Gasteiger partial charge < -0.3 is 15.4 Å². The number of benzene rings is 1. The van der Waals surface area contributed by atoms with Gasteiger partial charge in [-0.1, -0.05) is 12.1 Å². The average Bonchev–Trinajstić information content (AvgIpc) is 2.91. The van der Waals surface area contributed by atoms with Gasteiger partial charge in [0.2, 0.25) is 0 Å². The normalized spacial score (nSPS) is 20.1. The van der Waals surface area contributed by atoms with Crippen LogP contribution in [0, 0.1) is 0 Å². The zero-order valence-electron chi connectivity index (χ0n) is 11.5. The van der Waals surface area contributed by atoms with Gasteiger partial charge in [-0.2, -0.15) is 13.2 Å². The van der Waals surface area contributed by atoms with Crippen LogP contribution in [0.25, 0.3) is 0 Å². The van der Waals surface area contributed by atoms with E-state index in [4.69, 9.17) is 4.74 Å². The molecule has 1 fully saturated rings. The molecule has 7 heteroatoms. The van der Waals surface area contributed by atoms with E-state index in [0.717, 1.165) is 19.0 Å². The molecule has 2 atom stereocenters. The molecule has 1 aromatic carbocycles. The zero-order valence-corrected chi connectivity index (χ0v) is 11.5. The Morgan fingerprint density at radius 2 is 2.14 bits per heavy atom. The predicted octanol–water partition coefficient (Wildman–Crippen LogP) is 1.95. The number of alkyl halides is 3. The molecule has 21 heavy (non-hydrogen) atoms. The Kier molecular flexibility index (Phi) is 4.72. The highest BCUT2D eigenvalue weighted by atomic mass is 19.4. The van der Waals surface area contributed by atoms with Crippen LogP contribution >= 0.6 is 0 Å². The van der Waals surface area contributed by atoms with Gasteiger partial charge in [0.1, 0.15) is 5.75 Å². The van der Waals surface area contributed by atoms with Crippen LogP contribution in [-0.4, -0.2) is 31.1 Å². The summed E-state index contributed by atoms with van der Waals surface area (Å²) in [6.45, 7) is 2.92. The van der Waals surface area contributed by atoms with Crippen molar-refractivity contribution in [3.8, 4) is 5.75 Å². The van der Waals surface area contributed by atoms with Gasteiger partial charge in [-0.25, -0.2) is 0 Å². The molecule has 1 amide bonds. The number of nitrogens with one attached hydrogen (secondary N) is 2. The summed E-state index contributed by atoms with van der Waals surface area (Å²) in [5.41, 5.74) is -0.882. The first-order valence-electron chi connectivity index (χ1n) is 6.72. The molecule has 116 valence electrons. The van der Waals surface area contributed by atoms with Gasteiger partial charge >= 0.3 is 6.18 Å². The van der Waals surface area contributed by atoms with Crippen molar-refractivity contribution in [3.63, 3.8) is 0 Å². The van der Waals surface area contributed by atoms with Crippen molar-refractivity contribution in [2.75, 3.05) is 13.1 Å². The van der Waals surface area contributed by atoms with Crippen LogP contribution in [0.15, 0.2) is 24.3 Å². The highest BCUT2D eigenvalue weighted by Crippen LogP contribution is 2.36. The van der Waals surface area contributed by atoms with E-state index in [2.05, 4.69) is 10.6 Å². The van der Waals surface area contributed by atoms with Crippen LogP contribution < -0.4 is 15.4 Å². The summed E-state index contributed by atoms with van der Waals surface area (Å²) in [4.78, 5) is 11.9. The van der Waals surface area contributed by atoms with Crippen molar-refractivity contribution < 1.29 is 22.7 Å². The van der Waals surface area contributed by atoms with Crippen LogP contribution in [-0.2, 0) is 11.0 Å². The van der Waals surface area contributed by atoms with Gasteiger partial charge in [-0.3, -0.25) is 4.79 Å². The number of carbonyl (C=O) groups is 1. The number of halogens is 3. The number of amides is 1. The SMILES string of the molecule is CC(Oc1ccccc1C(F)(F)F)C(=O)NC1CCNC1. The van der Waals surface area contributed by atoms with Crippen molar-refractivity contribution >= 4 is 5.91 Å². The molecule has 2 rings (SSSR count). The van der Waals surface area contributed by atoms with Gasteiger partial charge in [0.25, 0.3) is 5.91 Å². The van der Waals surface area contributed by atoms with E-state index >= 15 is 0 Å². The molecule has 1 aliphatic rings. The fraction of sp³-hybridized carbons (Fsp3) is 0.500. The van der Waals surface area contributed by atoms with Gasteiger partial charge in [0, 0.05) is 12.6 Å². The summed E-state index contributed by atoms with van der Waals surface area (Å²) in [6.07, 6.45) is -4.70. The minimum absolute atomic E-state index is 0.00131. The summed E-state index contributed by atoms with van der Waals surface area (Å²) in [5.74, 6) is -0.752. The Labute approximate surface area is 120 Å². The van der Waals surface area contributed by atoms with E-state index in [9.17, 15) is 18.0 Å². The largest absolute Gasteiger partial charge is 0.480 e. The van der Waals surface area contributed by atoms with Crippen molar-refractivity contribution in [1.82, 2.24) is 10.6 Å². The smallest absolute Gasteiger partial charge is 0.419 e. The van der Waals surface area contributed by atoms with E-state index < -0.39 is 23.8 Å². The molecule has 0 aromatic heterocycles. The second kappa shape index (κ2) is 6.34. The second-order valence-electron chi connectivity index (χ2n) is 4.95. The van der Waals surface area contributed by atoms with Crippen molar-refractivity contribution in [1.29, 1.82) is 0 Å².